The molecule has 1 saturated heterocycles. The number of halogens is 1. The van der Waals surface area contributed by atoms with E-state index in [0.717, 1.165) is 25.9 Å². The second kappa shape index (κ2) is 8.06. The average Bonchev–Trinajstić information content (AvgIpc) is 2.56. The Morgan fingerprint density at radius 3 is 2.65 bits per heavy atom. The van der Waals surface area contributed by atoms with E-state index in [2.05, 4.69) is 4.90 Å². The van der Waals surface area contributed by atoms with E-state index in [0.29, 0.717) is 25.1 Å². The van der Waals surface area contributed by atoms with Crippen molar-refractivity contribution in [2.24, 2.45) is 5.92 Å². The Balaban J connectivity index is 1.77. The van der Waals surface area contributed by atoms with Crippen LogP contribution in [-0.2, 0) is 9.53 Å². The van der Waals surface area contributed by atoms with Crippen LogP contribution in [0.3, 0.4) is 0 Å². The van der Waals surface area contributed by atoms with Crippen molar-refractivity contribution in [3.63, 3.8) is 0 Å². The molecule has 6 heteroatoms. The zero-order chi connectivity index (χ0) is 16.8. The first-order chi connectivity index (χ1) is 11.0. The molecule has 0 atom stereocenters. The third kappa shape index (κ3) is 4.76. The van der Waals surface area contributed by atoms with E-state index >= 15 is 0 Å². The normalized spacial score (nSPS) is 16.3. The Morgan fingerprint density at radius 2 is 2.04 bits per heavy atom. The number of piperidine rings is 1. The quantitative estimate of drug-likeness (QED) is 0.494. The van der Waals surface area contributed by atoms with Gasteiger partial charge >= 0.3 is 5.97 Å². The standard InChI is InChI=1S/C17H23FN2O3/c1-2-23-17(22)12-5-8-20(9-6-12)10-7-16(21)13-3-4-14(18)15(19)11-13/h3-4,11-12H,2,5-10,19H2,1H3. The lowest BCUT2D eigenvalue weighted by Crippen LogP contribution is -2.38. The molecule has 1 fully saturated rings. The minimum Gasteiger partial charge on any atom is -0.466 e. The third-order valence-electron chi connectivity index (χ3n) is 4.18. The number of benzene rings is 1. The number of hydrogen-bond donors (Lipinski definition) is 1. The summed E-state index contributed by atoms with van der Waals surface area (Å²) in [7, 11) is 0. The van der Waals surface area contributed by atoms with Gasteiger partial charge in [0.15, 0.2) is 5.78 Å². The number of carbonyl (C=O) groups excluding carboxylic acids is 2. The highest BCUT2D eigenvalue weighted by atomic mass is 19.1. The number of esters is 1. The van der Waals surface area contributed by atoms with Gasteiger partial charge in [0.1, 0.15) is 5.82 Å². The van der Waals surface area contributed by atoms with E-state index in [1.54, 1.807) is 6.92 Å². The summed E-state index contributed by atoms with van der Waals surface area (Å²) in [5.74, 6) is -0.712. The molecule has 0 spiro atoms. The average molecular weight is 322 g/mol. The first-order valence-corrected chi connectivity index (χ1v) is 7.98. The maximum Gasteiger partial charge on any atom is 0.309 e. The van der Waals surface area contributed by atoms with Gasteiger partial charge in [0.2, 0.25) is 0 Å². The number of carbonyl (C=O) groups is 2. The van der Waals surface area contributed by atoms with Crippen LogP contribution in [0.1, 0.15) is 36.5 Å². The number of hydrogen-bond acceptors (Lipinski definition) is 5. The van der Waals surface area contributed by atoms with Crippen molar-refractivity contribution in [3.05, 3.63) is 29.6 Å². The topological polar surface area (TPSA) is 72.6 Å². The number of ether oxygens (including phenoxy) is 1. The monoisotopic (exact) mass is 322 g/mol. The molecule has 0 radical (unpaired) electrons. The van der Waals surface area contributed by atoms with Crippen LogP contribution in [0.5, 0.6) is 0 Å². The molecule has 0 aliphatic carbocycles. The fourth-order valence-corrected chi connectivity index (χ4v) is 2.77. The summed E-state index contributed by atoms with van der Waals surface area (Å²) in [6, 6.07) is 4.05. The number of rotatable bonds is 6. The van der Waals surface area contributed by atoms with Gasteiger partial charge in [0.25, 0.3) is 0 Å². The van der Waals surface area contributed by atoms with Crippen molar-refractivity contribution >= 4 is 17.4 Å². The summed E-state index contributed by atoms with van der Waals surface area (Å²) in [5.41, 5.74) is 5.91. The van der Waals surface area contributed by atoms with Crippen LogP contribution >= 0.6 is 0 Å². The smallest absolute Gasteiger partial charge is 0.309 e. The Hall–Kier alpha value is -1.95. The fraction of sp³-hybridized carbons (Fsp3) is 0.529. The van der Waals surface area contributed by atoms with E-state index in [-0.39, 0.29) is 23.4 Å². The molecule has 1 aliphatic rings. The molecule has 23 heavy (non-hydrogen) atoms. The molecule has 0 saturated carbocycles. The van der Waals surface area contributed by atoms with Crippen molar-refractivity contribution in [3.8, 4) is 0 Å². The summed E-state index contributed by atoms with van der Waals surface area (Å²) in [6.45, 7) is 4.41. The summed E-state index contributed by atoms with van der Waals surface area (Å²) in [6.07, 6.45) is 1.88. The zero-order valence-corrected chi connectivity index (χ0v) is 13.4. The number of nitrogens with zero attached hydrogens (tertiary/aromatic N) is 1. The second-order valence-electron chi connectivity index (χ2n) is 5.78. The Kier molecular flexibility index (Phi) is 6.10. The van der Waals surface area contributed by atoms with Gasteiger partial charge in [-0.3, -0.25) is 9.59 Å². The molecule has 0 aromatic heterocycles. The van der Waals surface area contributed by atoms with Crippen molar-refractivity contribution < 1.29 is 18.7 Å². The highest BCUT2D eigenvalue weighted by Crippen LogP contribution is 2.19. The highest BCUT2D eigenvalue weighted by molar-refractivity contribution is 5.96. The van der Waals surface area contributed by atoms with Crippen molar-refractivity contribution in [1.82, 2.24) is 4.90 Å². The number of nitrogen functional groups attached to an aromatic ring is 1. The van der Waals surface area contributed by atoms with Gasteiger partial charge in [-0.2, -0.15) is 0 Å². The molecule has 2 N–H and O–H groups in total. The Bertz CT molecular complexity index is 569. The molecule has 126 valence electrons. The molecule has 1 heterocycles. The predicted molar refractivity (Wildman–Crippen MR) is 85.6 cm³/mol. The van der Waals surface area contributed by atoms with E-state index < -0.39 is 5.82 Å². The van der Waals surface area contributed by atoms with Crippen molar-refractivity contribution in [2.45, 2.75) is 26.2 Å². The lowest BCUT2D eigenvalue weighted by molar-refractivity contribution is -0.149. The van der Waals surface area contributed by atoms with Gasteiger partial charge in [-0.15, -0.1) is 0 Å². The summed E-state index contributed by atoms with van der Waals surface area (Å²) < 4.78 is 18.2. The Labute approximate surface area is 135 Å². The molecule has 1 aliphatic heterocycles. The molecule has 0 amide bonds. The van der Waals surface area contributed by atoms with E-state index in [1.165, 1.54) is 18.2 Å². The van der Waals surface area contributed by atoms with Gasteiger partial charge in [-0.1, -0.05) is 0 Å². The molecular formula is C17H23FN2O3. The van der Waals surface area contributed by atoms with Crippen molar-refractivity contribution in [2.75, 3.05) is 32.0 Å². The number of nitrogens with two attached hydrogens (primary N) is 1. The summed E-state index contributed by atoms with van der Waals surface area (Å²) in [5, 5.41) is 0. The highest BCUT2D eigenvalue weighted by Gasteiger charge is 2.26. The molecule has 1 aromatic carbocycles. The van der Waals surface area contributed by atoms with Crippen LogP contribution in [0.4, 0.5) is 10.1 Å². The summed E-state index contributed by atoms with van der Waals surface area (Å²) >= 11 is 0. The van der Waals surface area contributed by atoms with Gasteiger partial charge in [-0.25, -0.2) is 4.39 Å². The van der Waals surface area contributed by atoms with Crippen LogP contribution in [0.2, 0.25) is 0 Å². The number of ketones is 1. The van der Waals surface area contributed by atoms with Crippen LogP contribution in [0.15, 0.2) is 18.2 Å². The van der Waals surface area contributed by atoms with Crippen molar-refractivity contribution in [1.29, 1.82) is 0 Å². The van der Waals surface area contributed by atoms with Crippen LogP contribution in [0.25, 0.3) is 0 Å². The van der Waals surface area contributed by atoms with Gasteiger partial charge in [-0.05, 0) is 51.1 Å². The molecule has 0 unspecified atom stereocenters. The van der Waals surface area contributed by atoms with Gasteiger partial charge < -0.3 is 15.4 Å². The van der Waals surface area contributed by atoms with E-state index in [9.17, 15) is 14.0 Å². The minimum atomic E-state index is -0.511. The second-order valence-corrected chi connectivity index (χ2v) is 5.78. The largest absolute Gasteiger partial charge is 0.466 e. The molecule has 5 nitrogen and oxygen atoms in total. The fourth-order valence-electron chi connectivity index (χ4n) is 2.77. The zero-order valence-electron chi connectivity index (χ0n) is 13.4. The first kappa shape index (κ1) is 17.4. The molecule has 1 aromatic rings. The molecule has 0 bridgehead atoms. The van der Waals surface area contributed by atoms with Gasteiger partial charge in [0, 0.05) is 18.5 Å². The number of likely N-dealkylation sites (tertiary alicyclic amines) is 1. The van der Waals surface area contributed by atoms with Crippen LogP contribution in [0, 0.1) is 11.7 Å². The SMILES string of the molecule is CCOC(=O)C1CCN(CCC(=O)c2ccc(F)c(N)c2)CC1. The third-order valence-corrected chi connectivity index (χ3v) is 4.18. The lowest BCUT2D eigenvalue weighted by Gasteiger charge is -2.30. The number of Topliss-reactive ketones (excluding diaryl/α,β-unsaturated/α-hetero) is 1. The first-order valence-electron chi connectivity index (χ1n) is 7.98. The summed E-state index contributed by atoms with van der Waals surface area (Å²) in [4.78, 5) is 26.0. The van der Waals surface area contributed by atoms with Crippen LogP contribution < -0.4 is 5.73 Å². The van der Waals surface area contributed by atoms with Gasteiger partial charge in [0.05, 0.1) is 18.2 Å². The molecule has 2 rings (SSSR count). The lowest BCUT2D eigenvalue weighted by atomic mass is 9.96. The van der Waals surface area contributed by atoms with E-state index in [4.69, 9.17) is 10.5 Å². The van der Waals surface area contributed by atoms with E-state index in [1.807, 2.05) is 0 Å². The maximum atomic E-state index is 13.1. The molecular weight excluding hydrogens is 299 g/mol. The minimum absolute atomic E-state index is 0.00824. The predicted octanol–water partition coefficient (Wildman–Crippen LogP) is 2.26. The Morgan fingerprint density at radius 1 is 1.35 bits per heavy atom. The number of anilines is 1. The maximum absolute atomic E-state index is 13.1. The van der Waals surface area contributed by atoms with Crippen LogP contribution in [-0.4, -0.2) is 42.9 Å².